The number of anilines is 1. The molecule has 0 fully saturated rings. The second-order valence-electron chi connectivity index (χ2n) is 6.56. The highest BCUT2D eigenvalue weighted by Crippen LogP contribution is 2.23. The highest BCUT2D eigenvalue weighted by Gasteiger charge is 2.10. The first-order valence-corrected chi connectivity index (χ1v) is 9.30. The second kappa shape index (κ2) is 9.13. The Morgan fingerprint density at radius 3 is 2.88 bits per heavy atom. The van der Waals surface area contributed by atoms with Crippen molar-refractivity contribution in [2.24, 2.45) is 0 Å². The van der Waals surface area contributed by atoms with Gasteiger partial charge in [-0.15, -0.1) is 0 Å². The van der Waals surface area contributed by atoms with Gasteiger partial charge in [-0.05, 0) is 25.5 Å². The standard InChI is InChI=1S/C21H26N4O/c1-3-4-5-8-16(2)24-21-20(13-22-15-23-21)26-14-18-12-11-17-9-6-7-10-19(17)25-18/h6-7,9-13,15-16H,3-5,8,14H2,1-2H3,(H,22,23,24). The number of para-hydroxylation sites is 1. The van der Waals surface area contributed by atoms with Crippen LogP contribution >= 0.6 is 0 Å². The van der Waals surface area contributed by atoms with Crippen molar-refractivity contribution in [1.82, 2.24) is 15.0 Å². The van der Waals surface area contributed by atoms with Gasteiger partial charge in [-0.1, -0.05) is 50.5 Å². The van der Waals surface area contributed by atoms with Crippen molar-refractivity contribution < 1.29 is 4.74 Å². The second-order valence-corrected chi connectivity index (χ2v) is 6.56. The predicted molar refractivity (Wildman–Crippen MR) is 105 cm³/mol. The molecule has 0 saturated heterocycles. The summed E-state index contributed by atoms with van der Waals surface area (Å²) in [6.45, 7) is 4.78. The molecule has 1 aromatic carbocycles. The number of hydrogen-bond donors (Lipinski definition) is 1. The number of pyridine rings is 1. The number of benzene rings is 1. The Bertz CT molecular complexity index is 837. The molecule has 5 nitrogen and oxygen atoms in total. The van der Waals surface area contributed by atoms with E-state index in [4.69, 9.17) is 4.74 Å². The fraction of sp³-hybridized carbons (Fsp3) is 0.381. The number of fused-ring (bicyclic) bond motifs is 1. The highest BCUT2D eigenvalue weighted by molar-refractivity contribution is 5.78. The van der Waals surface area contributed by atoms with E-state index in [0.717, 1.165) is 28.8 Å². The normalized spacial score (nSPS) is 12.1. The molecule has 1 unspecified atom stereocenters. The van der Waals surface area contributed by atoms with Crippen LogP contribution in [-0.4, -0.2) is 21.0 Å². The summed E-state index contributed by atoms with van der Waals surface area (Å²) in [5, 5.41) is 4.57. The SMILES string of the molecule is CCCCCC(C)Nc1ncncc1OCc1ccc2ccccc2n1. The number of nitrogens with one attached hydrogen (secondary N) is 1. The smallest absolute Gasteiger partial charge is 0.180 e. The zero-order valence-electron chi connectivity index (χ0n) is 15.5. The lowest BCUT2D eigenvalue weighted by Crippen LogP contribution is -2.17. The van der Waals surface area contributed by atoms with Gasteiger partial charge in [0.25, 0.3) is 0 Å². The van der Waals surface area contributed by atoms with Gasteiger partial charge in [0.2, 0.25) is 0 Å². The Balaban J connectivity index is 1.63. The van der Waals surface area contributed by atoms with Gasteiger partial charge in [0.05, 0.1) is 17.4 Å². The van der Waals surface area contributed by atoms with E-state index in [1.54, 1.807) is 12.5 Å². The third-order valence-electron chi connectivity index (χ3n) is 4.33. The number of unbranched alkanes of at least 4 members (excludes halogenated alkanes) is 2. The Morgan fingerprint density at radius 2 is 2.00 bits per heavy atom. The maximum Gasteiger partial charge on any atom is 0.180 e. The summed E-state index contributed by atoms with van der Waals surface area (Å²) < 4.78 is 5.95. The van der Waals surface area contributed by atoms with Crippen LogP contribution in [-0.2, 0) is 6.61 Å². The summed E-state index contributed by atoms with van der Waals surface area (Å²) in [5.74, 6) is 1.40. The molecule has 3 rings (SSSR count). The number of ether oxygens (including phenoxy) is 1. The average Bonchev–Trinajstić information content (AvgIpc) is 2.67. The minimum atomic E-state index is 0.345. The van der Waals surface area contributed by atoms with E-state index >= 15 is 0 Å². The molecule has 0 spiro atoms. The zero-order chi connectivity index (χ0) is 18.2. The van der Waals surface area contributed by atoms with Gasteiger partial charge in [0, 0.05) is 11.4 Å². The largest absolute Gasteiger partial charge is 0.482 e. The Hall–Kier alpha value is -2.69. The minimum absolute atomic E-state index is 0.345. The third kappa shape index (κ3) is 4.91. The summed E-state index contributed by atoms with van der Waals surface area (Å²) in [6, 6.07) is 12.5. The Kier molecular flexibility index (Phi) is 6.36. The molecular formula is C21H26N4O. The molecule has 1 atom stereocenters. The molecule has 0 bridgehead atoms. The maximum absolute atomic E-state index is 5.95. The van der Waals surface area contributed by atoms with Crippen LogP contribution < -0.4 is 10.1 Å². The summed E-state index contributed by atoms with van der Waals surface area (Å²) in [6.07, 6.45) is 8.06. The molecule has 136 valence electrons. The molecule has 0 saturated carbocycles. The summed E-state index contributed by atoms with van der Waals surface area (Å²) >= 11 is 0. The molecule has 0 aliphatic heterocycles. The molecule has 1 N–H and O–H groups in total. The Labute approximate surface area is 154 Å². The van der Waals surface area contributed by atoms with Gasteiger partial charge in [-0.2, -0.15) is 0 Å². The molecule has 5 heteroatoms. The lowest BCUT2D eigenvalue weighted by molar-refractivity contribution is 0.300. The molecule has 0 amide bonds. The van der Waals surface area contributed by atoms with Crippen molar-refractivity contribution >= 4 is 16.7 Å². The lowest BCUT2D eigenvalue weighted by atomic mass is 10.1. The summed E-state index contributed by atoms with van der Waals surface area (Å²) in [7, 11) is 0. The van der Waals surface area contributed by atoms with Crippen molar-refractivity contribution in [1.29, 1.82) is 0 Å². The van der Waals surface area contributed by atoms with Crippen LogP contribution in [0.1, 0.15) is 45.2 Å². The number of rotatable bonds is 9. The van der Waals surface area contributed by atoms with E-state index in [0.29, 0.717) is 18.4 Å². The van der Waals surface area contributed by atoms with E-state index in [2.05, 4.69) is 46.2 Å². The lowest BCUT2D eigenvalue weighted by Gasteiger charge is -2.16. The third-order valence-corrected chi connectivity index (χ3v) is 4.33. The molecule has 0 radical (unpaired) electrons. The topological polar surface area (TPSA) is 59.9 Å². The first-order valence-electron chi connectivity index (χ1n) is 9.30. The molecule has 2 aromatic heterocycles. The van der Waals surface area contributed by atoms with Crippen molar-refractivity contribution in [2.75, 3.05) is 5.32 Å². The number of nitrogens with zero attached hydrogens (tertiary/aromatic N) is 3. The molecule has 26 heavy (non-hydrogen) atoms. The highest BCUT2D eigenvalue weighted by atomic mass is 16.5. The quantitative estimate of drug-likeness (QED) is 0.551. The van der Waals surface area contributed by atoms with Crippen molar-refractivity contribution in [3.05, 3.63) is 54.6 Å². The van der Waals surface area contributed by atoms with Gasteiger partial charge >= 0.3 is 0 Å². The van der Waals surface area contributed by atoms with Crippen LogP contribution in [0.15, 0.2) is 48.9 Å². The predicted octanol–water partition coefficient (Wildman–Crippen LogP) is 4.98. The fourth-order valence-electron chi connectivity index (χ4n) is 2.88. The van der Waals surface area contributed by atoms with Crippen LogP contribution in [0.5, 0.6) is 5.75 Å². The van der Waals surface area contributed by atoms with Crippen LogP contribution in [0.25, 0.3) is 10.9 Å². The Morgan fingerprint density at radius 1 is 1.12 bits per heavy atom. The van der Waals surface area contributed by atoms with Gasteiger partial charge < -0.3 is 10.1 Å². The molecule has 0 aliphatic carbocycles. The van der Waals surface area contributed by atoms with Crippen molar-refractivity contribution in [2.45, 2.75) is 52.2 Å². The minimum Gasteiger partial charge on any atom is -0.482 e. The van der Waals surface area contributed by atoms with E-state index < -0.39 is 0 Å². The molecule has 0 aliphatic rings. The molecule has 3 aromatic rings. The molecular weight excluding hydrogens is 324 g/mol. The number of aromatic nitrogens is 3. The van der Waals surface area contributed by atoms with E-state index in [1.165, 1.54) is 19.3 Å². The van der Waals surface area contributed by atoms with Crippen molar-refractivity contribution in [3.63, 3.8) is 0 Å². The first-order chi connectivity index (χ1) is 12.8. The van der Waals surface area contributed by atoms with Crippen LogP contribution in [0.4, 0.5) is 5.82 Å². The zero-order valence-corrected chi connectivity index (χ0v) is 15.5. The average molecular weight is 350 g/mol. The van der Waals surface area contributed by atoms with E-state index in [1.807, 2.05) is 24.3 Å². The fourth-order valence-corrected chi connectivity index (χ4v) is 2.88. The van der Waals surface area contributed by atoms with Crippen molar-refractivity contribution in [3.8, 4) is 5.75 Å². The maximum atomic E-state index is 5.95. The number of hydrogen-bond acceptors (Lipinski definition) is 5. The summed E-state index contributed by atoms with van der Waals surface area (Å²) in [5.41, 5.74) is 1.86. The monoisotopic (exact) mass is 350 g/mol. The van der Waals surface area contributed by atoms with Gasteiger partial charge in [0.1, 0.15) is 12.9 Å². The van der Waals surface area contributed by atoms with E-state index in [-0.39, 0.29) is 0 Å². The van der Waals surface area contributed by atoms with Crippen LogP contribution in [0, 0.1) is 0 Å². The van der Waals surface area contributed by atoms with E-state index in [9.17, 15) is 0 Å². The van der Waals surface area contributed by atoms with Gasteiger partial charge in [0.15, 0.2) is 11.6 Å². The van der Waals surface area contributed by atoms with Crippen LogP contribution in [0.3, 0.4) is 0 Å². The molecule has 2 heterocycles. The van der Waals surface area contributed by atoms with Gasteiger partial charge in [-0.25, -0.2) is 15.0 Å². The van der Waals surface area contributed by atoms with Gasteiger partial charge in [-0.3, -0.25) is 0 Å². The first kappa shape index (κ1) is 18.1. The summed E-state index contributed by atoms with van der Waals surface area (Å²) in [4.78, 5) is 13.1. The van der Waals surface area contributed by atoms with Crippen LogP contribution in [0.2, 0.25) is 0 Å².